The fourth-order valence-corrected chi connectivity index (χ4v) is 3.00. The molecule has 0 fully saturated rings. The molecule has 28 heavy (non-hydrogen) atoms. The van der Waals surface area contributed by atoms with Gasteiger partial charge in [-0.1, -0.05) is 78.9 Å². The maximum Gasteiger partial charge on any atom is 0.122 e. The topological polar surface area (TPSA) is 15.6 Å². The summed E-state index contributed by atoms with van der Waals surface area (Å²) in [4.78, 5) is 6.41. The highest BCUT2D eigenvalue weighted by Crippen LogP contribution is 2.30. The molecule has 0 unspecified atom stereocenters. The Morgan fingerprint density at radius 3 is 2.21 bits per heavy atom. The summed E-state index contributed by atoms with van der Waals surface area (Å²) >= 11 is 4.52. The molecule has 0 saturated heterocycles. The standard InChI is InChI=1S/C24H25FN2S/c1-3-12-22(25)17-10-11-18-27(19-28)24(21-15-8-5-9-16-21)23(26-2)20-13-6-4-7-14-20/h3-17,28H,2,18-19H2,1H3/b11-10+,12-3-,22-17+,24-23-. The van der Waals surface area contributed by atoms with Crippen LogP contribution in [0.25, 0.3) is 11.4 Å². The van der Waals surface area contributed by atoms with Crippen LogP contribution in [0.3, 0.4) is 0 Å². The monoisotopic (exact) mass is 392 g/mol. The van der Waals surface area contributed by atoms with Crippen molar-refractivity contribution < 1.29 is 4.39 Å². The maximum absolute atomic E-state index is 13.5. The van der Waals surface area contributed by atoms with E-state index in [0.29, 0.717) is 12.4 Å². The summed E-state index contributed by atoms with van der Waals surface area (Å²) in [6, 6.07) is 20.0. The molecule has 2 aromatic carbocycles. The second-order valence-corrected chi connectivity index (χ2v) is 6.21. The maximum atomic E-state index is 13.5. The quantitative estimate of drug-likeness (QED) is 0.172. The third-order valence-electron chi connectivity index (χ3n) is 4.01. The fraction of sp³-hybridized carbons (Fsp3) is 0.125. The van der Waals surface area contributed by atoms with Crippen molar-refractivity contribution in [2.45, 2.75) is 6.92 Å². The van der Waals surface area contributed by atoms with E-state index in [4.69, 9.17) is 0 Å². The lowest BCUT2D eigenvalue weighted by Crippen LogP contribution is -2.22. The smallest absolute Gasteiger partial charge is 0.122 e. The molecule has 0 radical (unpaired) electrons. The van der Waals surface area contributed by atoms with Crippen LogP contribution in [-0.4, -0.2) is 24.0 Å². The van der Waals surface area contributed by atoms with Gasteiger partial charge in [-0.15, -0.1) is 0 Å². The summed E-state index contributed by atoms with van der Waals surface area (Å²) in [7, 11) is 0. The number of rotatable bonds is 9. The largest absolute Gasteiger partial charge is 0.357 e. The number of aliphatic imine (C=N–C) groups is 1. The van der Waals surface area contributed by atoms with E-state index in [1.807, 2.05) is 66.7 Å². The van der Waals surface area contributed by atoms with Crippen LogP contribution in [-0.2, 0) is 0 Å². The molecule has 2 nitrogen and oxygen atoms in total. The predicted octanol–water partition coefficient (Wildman–Crippen LogP) is 6.39. The van der Waals surface area contributed by atoms with Crippen molar-refractivity contribution in [3.63, 3.8) is 0 Å². The van der Waals surface area contributed by atoms with Gasteiger partial charge in [0.1, 0.15) is 5.83 Å². The van der Waals surface area contributed by atoms with Gasteiger partial charge < -0.3 is 4.90 Å². The minimum absolute atomic E-state index is 0.285. The lowest BCUT2D eigenvalue weighted by atomic mass is 10.0. The van der Waals surface area contributed by atoms with Gasteiger partial charge in [0, 0.05) is 17.7 Å². The third-order valence-corrected chi connectivity index (χ3v) is 4.35. The van der Waals surface area contributed by atoms with E-state index >= 15 is 0 Å². The summed E-state index contributed by atoms with van der Waals surface area (Å²) in [5.74, 6) is 0.189. The van der Waals surface area contributed by atoms with E-state index in [0.717, 1.165) is 22.5 Å². The van der Waals surface area contributed by atoms with Gasteiger partial charge in [0.2, 0.25) is 0 Å². The minimum atomic E-state index is -0.285. The lowest BCUT2D eigenvalue weighted by molar-refractivity contribution is 0.518. The molecule has 0 bridgehead atoms. The SMILES string of the molecule is C=N/C(=C(/c1ccccc1)N(CS)C/C=C/C=C(F)\C=C/C)c1ccccc1. The number of hydrogen-bond donors (Lipinski definition) is 1. The van der Waals surface area contributed by atoms with Crippen LogP contribution in [0.15, 0.2) is 102 Å². The van der Waals surface area contributed by atoms with Crippen LogP contribution in [0.1, 0.15) is 18.1 Å². The number of thiol groups is 1. The molecule has 0 atom stereocenters. The zero-order chi connectivity index (χ0) is 20.2. The summed E-state index contributed by atoms with van der Waals surface area (Å²) < 4.78 is 13.5. The zero-order valence-corrected chi connectivity index (χ0v) is 16.9. The van der Waals surface area contributed by atoms with Crippen molar-refractivity contribution in [1.29, 1.82) is 0 Å². The molecule has 0 aliphatic rings. The fourth-order valence-electron chi connectivity index (χ4n) is 2.75. The molecular weight excluding hydrogens is 367 g/mol. The first kappa shape index (κ1) is 21.5. The Morgan fingerprint density at radius 2 is 1.68 bits per heavy atom. The first-order valence-corrected chi connectivity index (χ1v) is 9.67. The molecule has 4 heteroatoms. The number of hydrogen-bond acceptors (Lipinski definition) is 3. The second-order valence-electron chi connectivity index (χ2n) is 5.93. The highest BCUT2D eigenvalue weighted by atomic mass is 32.1. The minimum Gasteiger partial charge on any atom is -0.357 e. The second kappa shape index (κ2) is 11.8. The Labute approximate surface area is 172 Å². The number of halogens is 1. The Bertz CT molecular complexity index is 868. The first-order valence-electron chi connectivity index (χ1n) is 9.04. The zero-order valence-electron chi connectivity index (χ0n) is 16.0. The molecule has 0 N–H and O–H groups in total. The number of benzene rings is 2. The van der Waals surface area contributed by atoms with E-state index in [1.54, 1.807) is 19.1 Å². The molecule has 2 rings (SSSR count). The highest BCUT2D eigenvalue weighted by Gasteiger charge is 2.16. The summed E-state index contributed by atoms with van der Waals surface area (Å²) in [5.41, 5.74) is 3.71. The van der Waals surface area contributed by atoms with Crippen molar-refractivity contribution in [1.82, 2.24) is 4.90 Å². The number of allylic oxidation sites excluding steroid dienone is 5. The van der Waals surface area contributed by atoms with E-state index in [-0.39, 0.29) is 5.83 Å². The van der Waals surface area contributed by atoms with Crippen molar-refractivity contribution in [2.75, 3.05) is 12.4 Å². The average Bonchev–Trinajstić information content (AvgIpc) is 2.74. The van der Waals surface area contributed by atoms with Gasteiger partial charge in [0.15, 0.2) is 0 Å². The Morgan fingerprint density at radius 1 is 1.07 bits per heavy atom. The van der Waals surface area contributed by atoms with E-state index in [2.05, 4.69) is 29.2 Å². The predicted molar refractivity (Wildman–Crippen MR) is 123 cm³/mol. The molecule has 0 heterocycles. The van der Waals surface area contributed by atoms with Crippen LogP contribution in [0.5, 0.6) is 0 Å². The van der Waals surface area contributed by atoms with Crippen molar-refractivity contribution >= 4 is 30.7 Å². The molecule has 0 spiro atoms. The van der Waals surface area contributed by atoms with Crippen LogP contribution in [0.4, 0.5) is 4.39 Å². The molecule has 0 saturated carbocycles. The van der Waals surface area contributed by atoms with Gasteiger partial charge in [0.05, 0.1) is 17.3 Å². The molecular formula is C24H25FN2S. The van der Waals surface area contributed by atoms with Crippen LogP contribution in [0, 0.1) is 0 Å². The Hall–Kier alpha value is -2.85. The van der Waals surface area contributed by atoms with Gasteiger partial charge in [-0.3, -0.25) is 4.99 Å². The third kappa shape index (κ3) is 6.10. The summed E-state index contributed by atoms with van der Waals surface area (Å²) in [6.07, 6.45) is 8.13. The molecule has 2 aromatic rings. The van der Waals surface area contributed by atoms with Gasteiger partial charge in [-0.25, -0.2) is 4.39 Å². The molecule has 0 aliphatic heterocycles. The lowest BCUT2D eigenvalue weighted by Gasteiger charge is -2.26. The van der Waals surface area contributed by atoms with Gasteiger partial charge >= 0.3 is 0 Å². The first-order chi connectivity index (χ1) is 13.7. The average molecular weight is 393 g/mol. The Balaban J connectivity index is 2.45. The van der Waals surface area contributed by atoms with Gasteiger partial charge in [-0.05, 0) is 25.8 Å². The van der Waals surface area contributed by atoms with Crippen LogP contribution in [0.2, 0.25) is 0 Å². The summed E-state index contributed by atoms with van der Waals surface area (Å²) in [6.45, 7) is 6.13. The highest BCUT2D eigenvalue weighted by molar-refractivity contribution is 7.80. The number of nitrogens with zero attached hydrogens (tertiary/aromatic N) is 2. The van der Waals surface area contributed by atoms with E-state index < -0.39 is 0 Å². The summed E-state index contributed by atoms with van der Waals surface area (Å²) in [5, 5.41) is 0. The van der Waals surface area contributed by atoms with Crippen molar-refractivity contribution in [2.24, 2.45) is 4.99 Å². The van der Waals surface area contributed by atoms with Gasteiger partial charge in [0.25, 0.3) is 0 Å². The van der Waals surface area contributed by atoms with E-state index in [9.17, 15) is 4.39 Å². The molecule has 0 aromatic heterocycles. The van der Waals surface area contributed by atoms with E-state index in [1.165, 1.54) is 12.2 Å². The van der Waals surface area contributed by atoms with Crippen LogP contribution < -0.4 is 0 Å². The normalized spacial score (nSPS) is 13.0. The molecule has 0 amide bonds. The molecule has 0 aliphatic carbocycles. The van der Waals surface area contributed by atoms with Crippen molar-refractivity contribution in [3.05, 3.63) is 108 Å². The molecule has 144 valence electrons. The Kier molecular flexibility index (Phi) is 9.02. The van der Waals surface area contributed by atoms with Gasteiger partial charge in [-0.2, -0.15) is 12.6 Å². The van der Waals surface area contributed by atoms with Crippen LogP contribution >= 0.6 is 12.6 Å². The van der Waals surface area contributed by atoms with Crippen molar-refractivity contribution in [3.8, 4) is 0 Å².